The Bertz CT molecular complexity index is 1260. The minimum atomic E-state index is -1.03. The summed E-state index contributed by atoms with van der Waals surface area (Å²) in [6.45, 7) is 2.24. The van der Waals surface area contributed by atoms with Gasteiger partial charge >= 0.3 is 6.03 Å². The maximum Gasteiger partial charge on any atom is 0.326 e. The predicted molar refractivity (Wildman–Crippen MR) is 139 cm³/mol. The number of rotatable bonds is 8. The first-order chi connectivity index (χ1) is 16.9. The molecule has 0 aliphatic carbocycles. The summed E-state index contributed by atoms with van der Waals surface area (Å²) in [4.78, 5) is 35.2. The maximum atomic E-state index is 13.9. The lowest BCUT2D eigenvalue weighted by atomic mass is 9.84. The van der Waals surface area contributed by atoms with Crippen LogP contribution in [0.4, 0.5) is 4.79 Å². The number of fused-ring (bicyclic) bond motifs is 1. The topological polar surface area (TPSA) is 65.5 Å². The Hall–Kier alpha value is -3.55. The molecule has 3 aromatic carbocycles. The summed E-state index contributed by atoms with van der Waals surface area (Å²) in [5.74, 6) is -0.196. The number of carbonyl (C=O) groups excluding carboxylic acids is 2. The van der Waals surface area contributed by atoms with Crippen LogP contribution in [0.1, 0.15) is 29.1 Å². The van der Waals surface area contributed by atoms with E-state index in [2.05, 4.69) is 18.3 Å². The van der Waals surface area contributed by atoms with Crippen molar-refractivity contribution in [2.45, 2.75) is 31.3 Å². The maximum absolute atomic E-state index is 13.9. The molecule has 0 saturated carbocycles. The molecular formula is C28H28N4O2S. The SMILES string of the molecule is C[C@@H](c1nc2ccccc2s1)N(C)CN1C(=O)NC(Cc2ccccc2)(Cc2ccccc2)C1=O. The normalized spacial score (nSPS) is 16.1. The number of thiazole rings is 1. The van der Waals surface area contributed by atoms with E-state index < -0.39 is 5.54 Å². The molecule has 0 unspecified atom stereocenters. The summed E-state index contributed by atoms with van der Waals surface area (Å²) in [7, 11) is 1.92. The molecule has 0 spiro atoms. The van der Waals surface area contributed by atoms with Crippen molar-refractivity contribution in [3.63, 3.8) is 0 Å². The van der Waals surface area contributed by atoms with Crippen molar-refractivity contribution >= 4 is 33.5 Å². The molecule has 6 nitrogen and oxygen atoms in total. The van der Waals surface area contributed by atoms with Crippen molar-refractivity contribution in [2.75, 3.05) is 13.7 Å². The number of hydrogen-bond acceptors (Lipinski definition) is 5. The highest BCUT2D eigenvalue weighted by Gasteiger charge is 2.51. The number of hydrogen-bond donors (Lipinski definition) is 1. The molecule has 7 heteroatoms. The van der Waals surface area contributed by atoms with Gasteiger partial charge in [0, 0.05) is 12.8 Å². The van der Waals surface area contributed by atoms with Gasteiger partial charge in [-0.25, -0.2) is 14.7 Å². The van der Waals surface area contributed by atoms with Crippen LogP contribution in [0.5, 0.6) is 0 Å². The lowest BCUT2D eigenvalue weighted by molar-refractivity contribution is -0.132. The van der Waals surface area contributed by atoms with Crippen LogP contribution in [-0.4, -0.2) is 46.0 Å². The second-order valence-corrected chi connectivity index (χ2v) is 10.2. The van der Waals surface area contributed by atoms with Crippen molar-refractivity contribution in [3.05, 3.63) is 101 Å². The van der Waals surface area contributed by atoms with Gasteiger partial charge in [0.25, 0.3) is 5.91 Å². The van der Waals surface area contributed by atoms with E-state index in [0.717, 1.165) is 26.4 Å². The van der Waals surface area contributed by atoms with Gasteiger partial charge in [-0.3, -0.25) is 9.69 Å². The first kappa shape index (κ1) is 23.2. The molecule has 178 valence electrons. The van der Waals surface area contributed by atoms with Gasteiger partial charge in [-0.2, -0.15) is 0 Å². The zero-order valence-corrected chi connectivity index (χ0v) is 20.7. The molecule has 1 atom stereocenters. The fraction of sp³-hybridized carbons (Fsp3) is 0.250. The number of urea groups is 1. The van der Waals surface area contributed by atoms with E-state index in [9.17, 15) is 9.59 Å². The molecule has 1 saturated heterocycles. The van der Waals surface area contributed by atoms with Gasteiger partial charge in [-0.05, 0) is 37.2 Å². The molecule has 1 aromatic heterocycles. The quantitative estimate of drug-likeness (QED) is 0.357. The van der Waals surface area contributed by atoms with Crippen LogP contribution in [-0.2, 0) is 17.6 Å². The van der Waals surface area contributed by atoms with Gasteiger partial charge in [0.1, 0.15) is 10.5 Å². The van der Waals surface area contributed by atoms with Crippen LogP contribution in [0.25, 0.3) is 10.2 Å². The number of amides is 3. The van der Waals surface area contributed by atoms with E-state index >= 15 is 0 Å². The Balaban J connectivity index is 1.39. The average molecular weight is 485 g/mol. The van der Waals surface area contributed by atoms with Gasteiger partial charge < -0.3 is 5.32 Å². The van der Waals surface area contributed by atoms with Crippen LogP contribution < -0.4 is 5.32 Å². The third kappa shape index (κ3) is 4.70. The molecule has 35 heavy (non-hydrogen) atoms. The number of aromatic nitrogens is 1. The molecule has 4 aromatic rings. The van der Waals surface area contributed by atoms with Crippen LogP contribution in [0.15, 0.2) is 84.9 Å². The number of benzene rings is 3. The first-order valence-corrected chi connectivity index (χ1v) is 12.5. The molecular weight excluding hydrogens is 456 g/mol. The summed E-state index contributed by atoms with van der Waals surface area (Å²) < 4.78 is 1.13. The second kappa shape index (κ2) is 9.60. The van der Waals surface area contributed by atoms with E-state index in [-0.39, 0.29) is 24.6 Å². The standard InChI is InChI=1S/C28H28N4O2S/c1-20(25-29-23-15-9-10-16-24(23)35-25)31(2)19-32-26(33)28(30-27(32)34,17-21-11-5-3-6-12-21)18-22-13-7-4-8-14-22/h3-16,20H,17-19H2,1-2H3,(H,30,34)/t20-/m0/s1. The third-order valence-electron chi connectivity index (χ3n) is 6.64. The van der Waals surface area contributed by atoms with Crippen LogP contribution in [0.2, 0.25) is 0 Å². The fourth-order valence-corrected chi connectivity index (χ4v) is 5.68. The second-order valence-electron chi connectivity index (χ2n) is 9.16. The van der Waals surface area contributed by atoms with Gasteiger partial charge in [-0.1, -0.05) is 72.8 Å². The van der Waals surface area contributed by atoms with E-state index in [1.807, 2.05) is 90.8 Å². The molecule has 2 heterocycles. The summed E-state index contributed by atoms with van der Waals surface area (Å²) in [5.41, 5.74) is 1.96. The number of imide groups is 1. The Morgan fingerprint density at radius 2 is 1.49 bits per heavy atom. The molecule has 1 aliphatic heterocycles. The largest absolute Gasteiger partial charge is 0.326 e. The van der Waals surface area contributed by atoms with Gasteiger partial charge in [0.15, 0.2) is 0 Å². The highest BCUT2D eigenvalue weighted by Crippen LogP contribution is 2.31. The minimum Gasteiger partial charge on any atom is -0.322 e. The van der Waals surface area contributed by atoms with E-state index in [0.29, 0.717) is 12.8 Å². The van der Waals surface area contributed by atoms with Crippen molar-refractivity contribution < 1.29 is 9.59 Å². The van der Waals surface area contributed by atoms with E-state index in [1.165, 1.54) is 4.90 Å². The lowest BCUT2D eigenvalue weighted by Gasteiger charge is -2.29. The van der Waals surface area contributed by atoms with Crippen LogP contribution in [0.3, 0.4) is 0 Å². The van der Waals surface area contributed by atoms with Crippen molar-refractivity contribution in [3.8, 4) is 0 Å². The summed E-state index contributed by atoms with van der Waals surface area (Å²) >= 11 is 1.64. The molecule has 1 aliphatic rings. The third-order valence-corrected chi connectivity index (χ3v) is 7.84. The van der Waals surface area contributed by atoms with Gasteiger partial charge in [-0.15, -0.1) is 11.3 Å². The monoisotopic (exact) mass is 484 g/mol. The number of nitrogens with zero attached hydrogens (tertiary/aromatic N) is 3. The van der Waals surface area contributed by atoms with Crippen LogP contribution >= 0.6 is 11.3 Å². The molecule has 0 radical (unpaired) electrons. The van der Waals surface area contributed by atoms with Gasteiger partial charge in [0.2, 0.25) is 0 Å². The smallest absolute Gasteiger partial charge is 0.322 e. The van der Waals surface area contributed by atoms with Crippen molar-refractivity contribution in [2.24, 2.45) is 0 Å². The highest BCUT2D eigenvalue weighted by atomic mass is 32.1. The fourth-order valence-electron chi connectivity index (χ4n) is 4.60. The number of para-hydroxylation sites is 1. The zero-order valence-electron chi connectivity index (χ0n) is 19.8. The zero-order chi connectivity index (χ0) is 24.4. The number of nitrogens with one attached hydrogen (secondary N) is 1. The number of carbonyl (C=O) groups is 2. The molecule has 5 rings (SSSR count). The lowest BCUT2D eigenvalue weighted by Crippen LogP contribution is -2.51. The van der Waals surface area contributed by atoms with Crippen molar-refractivity contribution in [1.29, 1.82) is 0 Å². The summed E-state index contributed by atoms with van der Waals surface area (Å²) in [6, 6.07) is 27.3. The summed E-state index contributed by atoms with van der Waals surface area (Å²) in [6.07, 6.45) is 0.863. The van der Waals surface area contributed by atoms with E-state index in [4.69, 9.17) is 4.98 Å². The predicted octanol–water partition coefficient (Wildman–Crippen LogP) is 5.02. The average Bonchev–Trinajstić information content (AvgIpc) is 3.40. The van der Waals surface area contributed by atoms with E-state index in [1.54, 1.807) is 11.3 Å². The Morgan fingerprint density at radius 1 is 0.914 bits per heavy atom. The Morgan fingerprint density at radius 3 is 2.09 bits per heavy atom. The molecule has 3 amide bonds. The van der Waals surface area contributed by atoms with Gasteiger partial charge in [0.05, 0.1) is 22.9 Å². The molecule has 1 N–H and O–H groups in total. The first-order valence-electron chi connectivity index (χ1n) is 11.7. The summed E-state index contributed by atoms with van der Waals surface area (Å²) in [5, 5.41) is 4.03. The highest BCUT2D eigenvalue weighted by molar-refractivity contribution is 7.18. The Kier molecular flexibility index (Phi) is 6.36. The molecule has 1 fully saturated rings. The van der Waals surface area contributed by atoms with Crippen molar-refractivity contribution in [1.82, 2.24) is 20.1 Å². The Labute approximate surface area is 209 Å². The van der Waals surface area contributed by atoms with Crippen LogP contribution in [0, 0.1) is 0 Å². The minimum absolute atomic E-state index is 0.0498. The molecule has 0 bridgehead atoms.